The van der Waals surface area contributed by atoms with Crippen molar-refractivity contribution in [2.24, 2.45) is 11.7 Å². The summed E-state index contributed by atoms with van der Waals surface area (Å²) >= 11 is 0. The topological polar surface area (TPSA) is 64.8 Å². The molecule has 0 spiro atoms. The van der Waals surface area contributed by atoms with E-state index in [4.69, 9.17) is 15.2 Å². The van der Waals surface area contributed by atoms with Crippen LogP contribution in [0.3, 0.4) is 0 Å². The lowest BCUT2D eigenvalue weighted by molar-refractivity contribution is -0.0762. The molecule has 1 aliphatic heterocycles. The minimum atomic E-state index is -0.448. The molecule has 1 aliphatic carbocycles. The lowest BCUT2D eigenvalue weighted by Crippen LogP contribution is -2.54. The summed E-state index contributed by atoms with van der Waals surface area (Å²) in [6, 6.07) is 0.141. The van der Waals surface area contributed by atoms with Gasteiger partial charge in [0, 0.05) is 6.54 Å². The Morgan fingerprint density at radius 2 is 2.17 bits per heavy atom. The number of nitrogens with two attached hydrogens (primary N) is 1. The van der Waals surface area contributed by atoms with Crippen LogP contribution in [-0.4, -0.2) is 48.4 Å². The molecule has 0 bridgehead atoms. The molecule has 2 aliphatic rings. The smallest absolute Gasteiger partial charge is 0.410 e. The largest absolute Gasteiger partial charge is 0.444 e. The molecule has 5 nitrogen and oxygen atoms in total. The van der Waals surface area contributed by atoms with Gasteiger partial charge < -0.3 is 20.1 Å². The second kappa shape index (κ2) is 5.05. The normalized spacial score (nSPS) is 32.2. The van der Waals surface area contributed by atoms with Crippen LogP contribution >= 0.6 is 0 Å². The molecule has 2 fully saturated rings. The molecule has 5 heteroatoms. The first-order valence-corrected chi connectivity index (χ1v) is 6.73. The fraction of sp³-hybridized carbons (Fsp3) is 0.923. The molecule has 104 valence electrons. The van der Waals surface area contributed by atoms with E-state index in [0.29, 0.717) is 25.6 Å². The van der Waals surface area contributed by atoms with Gasteiger partial charge >= 0.3 is 6.09 Å². The summed E-state index contributed by atoms with van der Waals surface area (Å²) in [4.78, 5) is 14.0. The number of carbonyl (C=O) groups excluding carboxylic acids is 1. The third-order valence-electron chi connectivity index (χ3n) is 3.65. The maximum absolute atomic E-state index is 12.2. The SMILES string of the molecule is CC(C)(C)OC(=O)N1CCOC2C(CN)CCC21. The molecule has 0 aromatic rings. The summed E-state index contributed by atoms with van der Waals surface area (Å²) in [5.74, 6) is 0.375. The average Bonchev–Trinajstić information content (AvgIpc) is 2.69. The van der Waals surface area contributed by atoms with Crippen molar-refractivity contribution in [3.05, 3.63) is 0 Å². The van der Waals surface area contributed by atoms with Crippen molar-refractivity contribution in [3.8, 4) is 0 Å². The number of carbonyl (C=O) groups is 1. The van der Waals surface area contributed by atoms with Crippen LogP contribution in [0.25, 0.3) is 0 Å². The maximum atomic E-state index is 12.2. The van der Waals surface area contributed by atoms with Gasteiger partial charge in [0.05, 0.1) is 18.8 Å². The Bertz CT molecular complexity index is 314. The highest BCUT2D eigenvalue weighted by Crippen LogP contribution is 2.34. The van der Waals surface area contributed by atoms with Gasteiger partial charge in [0.2, 0.25) is 0 Å². The van der Waals surface area contributed by atoms with E-state index in [0.717, 1.165) is 12.8 Å². The highest BCUT2D eigenvalue weighted by molar-refractivity contribution is 5.69. The lowest BCUT2D eigenvalue weighted by atomic mass is 10.0. The van der Waals surface area contributed by atoms with Crippen LogP contribution < -0.4 is 5.73 Å². The van der Waals surface area contributed by atoms with E-state index >= 15 is 0 Å². The van der Waals surface area contributed by atoms with Crippen molar-refractivity contribution in [3.63, 3.8) is 0 Å². The van der Waals surface area contributed by atoms with Crippen molar-refractivity contribution >= 4 is 6.09 Å². The fourth-order valence-electron chi connectivity index (χ4n) is 2.86. The average molecular weight is 256 g/mol. The summed E-state index contributed by atoms with van der Waals surface area (Å²) in [5.41, 5.74) is 5.30. The van der Waals surface area contributed by atoms with Gasteiger partial charge in [0.15, 0.2) is 0 Å². The van der Waals surface area contributed by atoms with Crippen molar-refractivity contribution in [2.75, 3.05) is 19.7 Å². The van der Waals surface area contributed by atoms with Gasteiger partial charge in [-0.3, -0.25) is 0 Å². The minimum Gasteiger partial charge on any atom is -0.444 e. The van der Waals surface area contributed by atoms with E-state index in [1.807, 2.05) is 25.7 Å². The van der Waals surface area contributed by atoms with E-state index in [2.05, 4.69) is 0 Å². The van der Waals surface area contributed by atoms with Crippen molar-refractivity contribution < 1.29 is 14.3 Å². The van der Waals surface area contributed by atoms with Gasteiger partial charge in [-0.1, -0.05) is 0 Å². The Balaban J connectivity index is 2.03. The van der Waals surface area contributed by atoms with Crippen LogP contribution in [0, 0.1) is 5.92 Å². The Kier molecular flexibility index (Phi) is 3.82. The molecule has 3 unspecified atom stereocenters. The minimum absolute atomic E-state index is 0.0938. The zero-order valence-electron chi connectivity index (χ0n) is 11.5. The molecule has 18 heavy (non-hydrogen) atoms. The fourth-order valence-corrected chi connectivity index (χ4v) is 2.86. The number of amides is 1. The summed E-state index contributed by atoms with van der Waals surface area (Å²) in [6.45, 7) is 7.49. The zero-order valence-corrected chi connectivity index (χ0v) is 11.5. The first-order chi connectivity index (χ1) is 8.42. The number of rotatable bonds is 1. The molecule has 1 amide bonds. The Morgan fingerprint density at radius 3 is 2.78 bits per heavy atom. The van der Waals surface area contributed by atoms with E-state index < -0.39 is 5.60 Å². The van der Waals surface area contributed by atoms with E-state index in [9.17, 15) is 4.79 Å². The molecule has 1 heterocycles. The number of hydrogen-bond donors (Lipinski definition) is 1. The molecule has 3 atom stereocenters. The monoisotopic (exact) mass is 256 g/mol. The molecular weight excluding hydrogens is 232 g/mol. The third kappa shape index (κ3) is 2.78. The van der Waals surface area contributed by atoms with Crippen LogP contribution in [0.15, 0.2) is 0 Å². The maximum Gasteiger partial charge on any atom is 0.410 e. The molecule has 1 saturated heterocycles. The molecule has 0 aromatic carbocycles. The van der Waals surface area contributed by atoms with Gasteiger partial charge in [0.25, 0.3) is 0 Å². The van der Waals surface area contributed by atoms with Crippen LogP contribution in [0.5, 0.6) is 0 Å². The number of nitrogens with zero attached hydrogens (tertiary/aromatic N) is 1. The standard InChI is InChI=1S/C13H24N2O3/c1-13(2,3)18-12(16)15-6-7-17-11-9(8-14)4-5-10(11)15/h9-11H,4-8,14H2,1-3H3. The number of hydrogen-bond acceptors (Lipinski definition) is 4. The molecule has 1 saturated carbocycles. The zero-order chi connectivity index (χ0) is 13.3. The third-order valence-corrected chi connectivity index (χ3v) is 3.65. The predicted molar refractivity (Wildman–Crippen MR) is 68.2 cm³/mol. The Morgan fingerprint density at radius 1 is 1.44 bits per heavy atom. The highest BCUT2D eigenvalue weighted by Gasteiger charge is 2.44. The second-order valence-electron chi connectivity index (χ2n) is 6.15. The number of morpholine rings is 1. The molecule has 2 rings (SSSR count). The highest BCUT2D eigenvalue weighted by atomic mass is 16.6. The van der Waals surface area contributed by atoms with Gasteiger partial charge in [-0.05, 0) is 46.1 Å². The summed E-state index contributed by atoms with van der Waals surface area (Å²) < 4.78 is 11.2. The molecule has 2 N–H and O–H groups in total. The lowest BCUT2D eigenvalue weighted by Gasteiger charge is -2.39. The first-order valence-electron chi connectivity index (χ1n) is 6.73. The number of fused-ring (bicyclic) bond motifs is 1. The quantitative estimate of drug-likeness (QED) is 0.769. The van der Waals surface area contributed by atoms with Gasteiger partial charge in [-0.15, -0.1) is 0 Å². The Labute approximate surface area is 109 Å². The van der Waals surface area contributed by atoms with Crippen LogP contribution in [0.1, 0.15) is 33.6 Å². The van der Waals surface area contributed by atoms with Crippen molar-refractivity contribution in [1.82, 2.24) is 4.90 Å². The summed E-state index contributed by atoms with van der Waals surface area (Å²) in [5, 5.41) is 0. The molecular formula is C13H24N2O3. The van der Waals surface area contributed by atoms with Crippen LogP contribution in [-0.2, 0) is 9.47 Å². The Hall–Kier alpha value is -0.810. The summed E-state index contributed by atoms with van der Waals surface area (Å²) in [7, 11) is 0. The number of ether oxygens (including phenoxy) is 2. The second-order valence-corrected chi connectivity index (χ2v) is 6.15. The molecule has 0 aromatic heterocycles. The van der Waals surface area contributed by atoms with Crippen molar-refractivity contribution in [1.29, 1.82) is 0 Å². The molecule has 0 radical (unpaired) electrons. The summed E-state index contributed by atoms with van der Waals surface area (Å²) in [6.07, 6.45) is 1.87. The van der Waals surface area contributed by atoms with Crippen molar-refractivity contribution in [2.45, 2.75) is 51.4 Å². The van der Waals surface area contributed by atoms with Gasteiger partial charge in [-0.2, -0.15) is 0 Å². The first kappa shape index (κ1) is 13.6. The van der Waals surface area contributed by atoms with Gasteiger partial charge in [-0.25, -0.2) is 4.79 Å². The van der Waals surface area contributed by atoms with Crippen LogP contribution in [0.4, 0.5) is 4.79 Å². The predicted octanol–water partition coefficient (Wildman–Crippen LogP) is 1.36. The van der Waals surface area contributed by atoms with E-state index in [1.54, 1.807) is 0 Å². The van der Waals surface area contributed by atoms with E-state index in [-0.39, 0.29) is 18.2 Å². The van der Waals surface area contributed by atoms with E-state index in [1.165, 1.54) is 0 Å². The van der Waals surface area contributed by atoms with Crippen LogP contribution in [0.2, 0.25) is 0 Å². The van der Waals surface area contributed by atoms with Gasteiger partial charge in [0.1, 0.15) is 5.60 Å².